The molecule has 1 aliphatic carbocycles. The van der Waals surface area contributed by atoms with Gasteiger partial charge in [-0.15, -0.1) is 0 Å². The fraction of sp³-hybridized carbons (Fsp3) is 0.375. The molecule has 0 atom stereocenters. The summed E-state index contributed by atoms with van der Waals surface area (Å²) in [4.78, 5) is 45.9. The lowest BCUT2D eigenvalue weighted by atomic mass is 9.49. The van der Waals surface area contributed by atoms with Crippen molar-refractivity contribution in [1.29, 1.82) is 5.26 Å². The maximum absolute atomic E-state index is 13.4. The predicted octanol–water partition coefficient (Wildman–Crippen LogP) is 7.92. The maximum atomic E-state index is 13.4. The Bertz CT molecular complexity index is 2740. The number of hydrogen-bond acceptors (Lipinski definition) is 11. The molecule has 1 N–H and O–H groups in total. The molecular formula is C48H48ClN9O5. The van der Waals surface area contributed by atoms with E-state index in [0.717, 1.165) is 71.3 Å². The van der Waals surface area contributed by atoms with E-state index < -0.39 is 10.8 Å². The molecule has 0 unspecified atom stereocenters. The Hall–Kier alpha value is -6.43. The second kappa shape index (κ2) is 16.7. The van der Waals surface area contributed by atoms with Gasteiger partial charge < -0.3 is 24.4 Å². The fourth-order valence-corrected chi connectivity index (χ4v) is 10.0. The van der Waals surface area contributed by atoms with Crippen LogP contribution in [0.15, 0.2) is 79.4 Å². The number of ether oxygens (including phenoxy) is 3. The lowest BCUT2D eigenvalue weighted by molar-refractivity contribution is -0.164. The van der Waals surface area contributed by atoms with Crippen LogP contribution in [0.1, 0.15) is 86.5 Å². The first-order valence-electron chi connectivity index (χ1n) is 21.2. The molecule has 322 valence electrons. The molecule has 9 rings (SSSR count). The van der Waals surface area contributed by atoms with Gasteiger partial charge in [-0.05, 0) is 42.5 Å². The number of nitrogens with zero attached hydrogens (tertiary/aromatic N) is 8. The summed E-state index contributed by atoms with van der Waals surface area (Å²) in [5.74, 6) is 1.14. The van der Waals surface area contributed by atoms with E-state index in [1.807, 2.05) is 50.9 Å². The summed E-state index contributed by atoms with van der Waals surface area (Å²) < 4.78 is 20.1. The van der Waals surface area contributed by atoms with Gasteiger partial charge in [0.1, 0.15) is 24.5 Å². The summed E-state index contributed by atoms with van der Waals surface area (Å²) in [6.07, 6.45) is 8.99. The Labute approximate surface area is 370 Å². The zero-order chi connectivity index (χ0) is 44.0. The van der Waals surface area contributed by atoms with Crippen LogP contribution in [0.25, 0.3) is 33.3 Å². The van der Waals surface area contributed by atoms with Gasteiger partial charge in [-0.2, -0.15) is 10.4 Å². The van der Waals surface area contributed by atoms with Gasteiger partial charge in [-0.3, -0.25) is 19.3 Å². The molecule has 0 bridgehead atoms. The van der Waals surface area contributed by atoms with Crippen LogP contribution in [0.5, 0.6) is 11.6 Å². The predicted molar refractivity (Wildman–Crippen MR) is 236 cm³/mol. The van der Waals surface area contributed by atoms with E-state index in [4.69, 9.17) is 35.9 Å². The van der Waals surface area contributed by atoms with Gasteiger partial charge in [0.25, 0.3) is 5.91 Å². The minimum absolute atomic E-state index is 0.0600. The highest BCUT2D eigenvalue weighted by atomic mass is 35.5. The monoisotopic (exact) mass is 865 g/mol. The third-order valence-corrected chi connectivity index (χ3v) is 13.2. The largest absolute Gasteiger partial charge is 0.489 e. The van der Waals surface area contributed by atoms with Crippen LogP contribution in [-0.4, -0.2) is 78.3 Å². The minimum Gasteiger partial charge on any atom is -0.489 e. The normalized spacial score (nSPS) is 19.1. The summed E-state index contributed by atoms with van der Waals surface area (Å²) >= 11 is 6.24. The fourth-order valence-electron chi connectivity index (χ4n) is 9.81. The highest BCUT2D eigenvalue weighted by molar-refractivity contribution is 6.31. The van der Waals surface area contributed by atoms with E-state index in [0.29, 0.717) is 46.7 Å². The van der Waals surface area contributed by atoms with Crippen LogP contribution in [0, 0.1) is 22.2 Å². The van der Waals surface area contributed by atoms with Crippen LogP contribution in [0.4, 0.5) is 0 Å². The van der Waals surface area contributed by atoms with Gasteiger partial charge in [0, 0.05) is 121 Å². The number of amides is 2. The number of rotatable bonds is 10. The van der Waals surface area contributed by atoms with Crippen molar-refractivity contribution in [3.05, 3.63) is 113 Å². The van der Waals surface area contributed by atoms with Gasteiger partial charge in [0.05, 0.1) is 33.6 Å². The van der Waals surface area contributed by atoms with Crippen LogP contribution in [0.2, 0.25) is 5.02 Å². The average Bonchev–Trinajstić information content (AvgIpc) is 3.68. The Morgan fingerprint density at radius 2 is 1.75 bits per heavy atom. The highest BCUT2D eigenvalue weighted by Gasteiger charge is 2.64. The lowest BCUT2D eigenvalue weighted by Gasteiger charge is -2.63. The van der Waals surface area contributed by atoms with Gasteiger partial charge >= 0.3 is 0 Å². The number of hydrogen-bond donors (Lipinski definition) is 1. The molecule has 6 heterocycles. The van der Waals surface area contributed by atoms with Crippen molar-refractivity contribution >= 4 is 34.2 Å². The molecule has 1 saturated heterocycles. The number of benzene rings is 2. The van der Waals surface area contributed by atoms with E-state index in [2.05, 4.69) is 49.2 Å². The number of nitriles is 1. The van der Waals surface area contributed by atoms with E-state index >= 15 is 0 Å². The quantitative estimate of drug-likeness (QED) is 0.142. The van der Waals surface area contributed by atoms with Crippen molar-refractivity contribution in [2.24, 2.45) is 10.8 Å². The first kappa shape index (κ1) is 41.9. The second-order valence-corrected chi connectivity index (χ2v) is 18.1. The van der Waals surface area contributed by atoms with Gasteiger partial charge in [0.2, 0.25) is 11.8 Å². The summed E-state index contributed by atoms with van der Waals surface area (Å²) in [5.41, 5.74) is 5.70. The van der Waals surface area contributed by atoms with Crippen LogP contribution in [0.3, 0.4) is 0 Å². The molecule has 6 aromatic rings. The Morgan fingerprint density at radius 1 is 0.968 bits per heavy atom. The molecule has 3 aliphatic rings. The number of fused-ring (bicyclic) bond motifs is 2. The van der Waals surface area contributed by atoms with Crippen molar-refractivity contribution in [1.82, 2.24) is 39.9 Å². The summed E-state index contributed by atoms with van der Waals surface area (Å²) in [7, 11) is 0. The number of carbonyl (C=O) groups excluding carboxylic acids is 2. The molecule has 2 aliphatic heterocycles. The Kier molecular flexibility index (Phi) is 11.1. The zero-order valence-electron chi connectivity index (χ0n) is 35.9. The molecular weight excluding hydrogens is 818 g/mol. The van der Waals surface area contributed by atoms with Gasteiger partial charge in [-0.25, -0.2) is 15.0 Å². The molecule has 63 heavy (non-hydrogen) atoms. The van der Waals surface area contributed by atoms with Crippen molar-refractivity contribution in [2.75, 3.05) is 19.8 Å². The lowest BCUT2D eigenvalue weighted by Crippen LogP contribution is -2.74. The summed E-state index contributed by atoms with van der Waals surface area (Å²) in [6, 6.07) is 19.1. The molecule has 2 fully saturated rings. The maximum Gasteiger partial charge on any atom is 0.254 e. The summed E-state index contributed by atoms with van der Waals surface area (Å²) in [6.45, 7) is 12.6. The van der Waals surface area contributed by atoms with Crippen LogP contribution in [-0.2, 0) is 29.1 Å². The molecule has 15 heteroatoms. The number of aromatic nitrogens is 6. The standard InChI is InChI=1S/C48H48ClN9O5/c1-28(59)57-16-13-40-37(26-57)43(56-58(40)33-14-17-61-18-15-33)35-8-6-7-29-19-39(51-25-36(29)35)31-10-12-42(54-22-31)62-27-41-52-23-32(24-53-41)44(60)55-45-47(2,3)46(48(45,4)5)63-34-11-9-30(21-50)38(49)20-34/h6-12,19-20,22-25,33,45-46H,13-18,26-27H2,1-5H3,(H,55,60). The Morgan fingerprint density at radius 3 is 2.44 bits per heavy atom. The second-order valence-electron chi connectivity index (χ2n) is 17.7. The van der Waals surface area contributed by atoms with Crippen molar-refractivity contribution < 1.29 is 23.8 Å². The molecule has 4 aromatic heterocycles. The smallest absolute Gasteiger partial charge is 0.254 e. The number of nitrogens with one attached hydrogen (secondary N) is 1. The van der Waals surface area contributed by atoms with Crippen LogP contribution >= 0.6 is 11.6 Å². The highest BCUT2D eigenvalue weighted by Crippen LogP contribution is 2.55. The summed E-state index contributed by atoms with van der Waals surface area (Å²) in [5, 5.41) is 20.0. The molecule has 1 saturated carbocycles. The number of halogens is 1. The topological polar surface area (TPSA) is 170 Å². The SMILES string of the molecule is CC(=O)N1CCc2c(c(-c3cccc4cc(-c5ccc(OCc6ncc(C(=O)NC7C(C)(C)C(Oc8ccc(C#N)c(Cl)c8)C7(C)C)cn6)nc5)ncc34)nn2C2CCOCC2)C1. The van der Waals surface area contributed by atoms with Crippen molar-refractivity contribution in [2.45, 2.75) is 85.2 Å². The first-order chi connectivity index (χ1) is 30.3. The van der Waals surface area contributed by atoms with Gasteiger partial charge in [0.15, 0.2) is 5.82 Å². The minimum atomic E-state index is -0.414. The van der Waals surface area contributed by atoms with Crippen LogP contribution < -0.4 is 14.8 Å². The third kappa shape index (κ3) is 7.96. The van der Waals surface area contributed by atoms with Crippen molar-refractivity contribution in [3.8, 4) is 40.2 Å². The third-order valence-electron chi connectivity index (χ3n) is 12.9. The number of pyridine rings is 2. The van der Waals surface area contributed by atoms with Gasteiger partial charge in [-0.1, -0.05) is 57.5 Å². The van der Waals surface area contributed by atoms with E-state index in [1.54, 1.807) is 37.4 Å². The van der Waals surface area contributed by atoms with E-state index in [9.17, 15) is 14.9 Å². The molecule has 0 radical (unpaired) electrons. The molecule has 14 nitrogen and oxygen atoms in total. The molecule has 2 amide bonds. The molecule has 0 spiro atoms. The Balaban J connectivity index is 0.839. The average molecular weight is 866 g/mol. The van der Waals surface area contributed by atoms with Crippen molar-refractivity contribution in [3.63, 3.8) is 0 Å². The number of carbonyl (C=O) groups is 2. The molecule has 2 aromatic carbocycles. The van der Waals surface area contributed by atoms with E-state index in [1.165, 1.54) is 18.1 Å². The zero-order valence-corrected chi connectivity index (χ0v) is 36.6. The van der Waals surface area contributed by atoms with E-state index in [-0.39, 0.29) is 36.6 Å². The first-order valence-corrected chi connectivity index (χ1v) is 21.6.